The van der Waals surface area contributed by atoms with Crippen LogP contribution in [0.2, 0.25) is 0 Å². The summed E-state index contributed by atoms with van der Waals surface area (Å²) in [5.41, 5.74) is 0.775. The van der Waals surface area contributed by atoms with Gasteiger partial charge in [-0.05, 0) is 24.6 Å². The van der Waals surface area contributed by atoms with E-state index in [1.807, 2.05) is 31.2 Å². The molecule has 18 heavy (non-hydrogen) atoms. The van der Waals surface area contributed by atoms with E-state index in [-0.39, 0.29) is 11.6 Å². The van der Waals surface area contributed by atoms with Crippen molar-refractivity contribution in [1.82, 2.24) is 15.2 Å². The maximum absolute atomic E-state index is 11.1. The van der Waals surface area contributed by atoms with Gasteiger partial charge in [-0.25, -0.2) is 0 Å². The zero-order valence-corrected chi connectivity index (χ0v) is 10.2. The van der Waals surface area contributed by atoms with Crippen LogP contribution in [0.4, 0.5) is 5.95 Å². The van der Waals surface area contributed by atoms with Crippen molar-refractivity contribution in [2.45, 2.75) is 13.0 Å². The van der Waals surface area contributed by atoms with E-state index < -0.39 is 0 Å². The Kier molecular flexibility index (Phi) is 3.57. The number of aromatic nitrogens is 3. The van der Waals surface area contributed by atoms with Crippen LogP contribution in [0.25, 0.3) is 0 Å². The average Bonchev–Trinajstić information content (AvgIpc) is 2.39. The van der Waals surface area contributed by atoms with Crippen LogP contribution in [-0.4, -0.2) is 22.3 Å². The van der Waals surface area contributed by atoms with Crippen LogP contribution in [0.1, 0.15) is 18.5 Å². The molecular formula is C12H14N4O2. The third-order valence-electron chi connectivity index (χ3n) is 2.54. The number of aromatic amines is 1. The quantitative estimate of drug-likeness (QED) is 0.851. The Morgan fingerprint density at radius 1 is 1.33 bits per heavy atom. The molecule has 1 atom stereocenters. The number of rotatable bonds is 4. The van der Waals surface area contributed by atoms with E-state index in [2.05, 4.69) is 20.5 Å². The molecule has 0 aliphatic rings. The fourth-order valence-corrected chi connectivity index (χ4v) is 1.56. The maximum atomic E-state index is 11.1. The predicted octanol–water partition coefficient (Wildman–Crippen LogP) is 1.35. The summed E-state index contributed by atoms with van der Waals surface area (Å²) in [6.45, 7) is 1.97. The third-order valence-corrected chi connectivity index (χ3v) is 2.54. The summed E-state index contributed by atoms with van der Waals surface area (Å²) in [6.07, 6.45) is 1.13. The number of benzene rings is 1. The smallest absolute Gasteiger partial charge is 0.271 e. The molecule has 94 valence electrons. The first-order valence-electron chi connectivity index (χ1n) is 5.51. The van der Waals surface area contributed by atoms with Gasteiger partial charge in [-0.3, -0.25) is 9.78 Å². The number of hydrogen-bond acceptors (Lipinski definition) is 5. The summed E-state index contributed by atoms with van der Waals surface area (Å²) in [6, 6.07) is 7.67. The Labute approximate surface area is 104 Å². The lowest BCUT2D eigenvalue weighted by molar-refractivity contribution is 0.414. The largest absolute Gasteiger partial charge is 0.497 e. The molecular weight excluding hydrogens is 232 g/mol. The zero-order chi connectivity index (χ0) is 13.0. The lowest BCUT2D eigenvalue weighted by atomic mass is 10.1. The molecule has 0 amide bonds. The highest BCUT2D eigenvalue weighted by atomic mass is 16.5. The fraction of sp³-hybridized carbons (Fsp3) is 0.250. The highest BCUT2D eigenvalue weighted by Crippen LogP contribution is 2.19. The Morgan fingerprint density at radius 2 is 2.06 bits per heavy atom. The van der Waals surface area contributed by atoms with Gasteiger partial charge in [-0.15, -0.1) is 10.2 Å². The molecule has 1 aromatic carbocycles. The van der Waals surface area contributed by atoms with Crippen molar-refractivity contribution in [3.8, 4) is 5.75 Å². The first kappa shape index (κ1) is 12.1. The topological polar surface area (TPSA) is 79.9 Å². The second kappa shape index (κ2) is 5.31. The van der Waals surface area contributed by atoms with E-state index in [4.69, 9.17) is 4.74 Å². The van der Waals surface area contributed by atoms with Gasteiger partial charge in [0.15, 0.2) is 0 Å². The van der Waals surface area contributed by atoms with Gasteiger partial charge in [0.25, 0.3) is 5.56 Å². The van der Waals surface area contributed by atoms with Gasteiger partial charge < -0.3 is 10.1 Å². The predicted molar refractivity (Wildman–Crippen MR) is 67.7 cm³/mol. The Hall–Kier alpha value is -2.37. The van der Waals surface area contributed by atoms with Crippen LogP contribution < -0.4 is 15.6 Å². The Morgan fingerprint density at radius 3 is 2.67 bits per heavy atom. The lowest BCUT2D eigenvalue weighted by Crippen LogP contribution is -2.15. The van der Waals surface area contributed by atoms with Crippen molar-refractivity contribution in [3.63, 3.8) is 0 Å². The Balaban J connectivity index is 2.11. The number of methoxy groups -OCH3 is 1. The summed E-state index contributed by atoms with van der Waals surface area (Å²) in [5, 5.41) is 10.4. The molecule has 2 N–H and O–H groups in total. The highest BCUT2D eigenvalue weighted by molar-refractivity contribution is 5.33. The van der Waals surface area contributed by atoms with Crippen LogP contribution >= 0.6 is 0 Å². The summed E-state index contributed by atoms with van der Waals surface area (Å²) in [7, 11) is 1.63. The van der Waals surface area contributed by atoms with Crippen molar-refractivity contribution in [2.24, 2.45) is 0 Å². The molecule has 0 radical (unpaired) electrons. The van der Waals surface area contributed by atoms with Gasteiger partial charge in [0.05, 0.1) is 13.2 Å². The van der Waals surface area contributed by atoms with E-state index in [0.29, 0.717) is 5.95 Å². The minimum absolute atomic E-state index is 0.00301. The number of nitrogens with zero attached hydrogens (tertiary/aromatic N) is 2. The van der Waals surface area contributed by atoms with Gasteiger partial charge in [-0.1, -0.05) is 12.1 Å². The van der Waals surface area contributed by atoms with Gasteiger partial charge in [0.1, 0.15) is 11.9 Å². The summed E-state index contributed by atoms with van der Waals surface area (Å²) in [4.78, 5) is 13.6. The minimum atomic E-state index is -0.283. The molecule has 6 heteroatoms. The molecule has 2 aromatic rings. The molecule has 1 unspecified atom stereocenters. The van der Waals surface area contributed by atoms with Crippen LogP contribution in [0.5, 0.6) is 5.75 Å². The summed E-state index contributed by atoms with van der Waals surface area (Å²) in [5.74, 6) is 1.16. The monoisotopic (exact) mass is 246 g/mol. The minimum Gasteiger partial charge on any atom is -0.497 e. The summed E-state index contributed by atoms with van der Waals surface area (Å²) < 4.78 is 5.09. The standard InChI is InChI=1S/C12H14N4O2/c1-8(9-3-5-10(18-2)6-4-9)14-12-15-11(17)7-13-16-12/h3-8H,1-2H3,(H2,14,15,16,17). The highest BCUT2D eigenvalue weighted by Gasteiger charge is 2.06. The normalized spacial score (nSPS) is 11.9. The average molecular weight is 246 g/mol. The van der Waals surface area contributed by atoms with Crippen molar-refractivity contribution in [1.29, 1.82) is 0 Å². The molecule has 0 spiro atoms. The van der Waals surface area contributed by atoms with Crippen molar-refractivity contribution in [3.05, 3.63) is 46.4 Å². The zero-order valence-electron chi connectivity index (χ0n) is 10.2. The van der Waals surface area contributed by atoms with E-state index >= 15 is 0 Å². The van der Waals surface area contributed by atoms with E-state index in [1.54, 1.807) is 7.11 Å². The fourth-order valence-electron chi connectivity index (χ4n) is 1.56. The van der Waals surface area contributed by atoms with Crippen LogP contribution in [-0.2, 0) is 0 Å². The molecule has 0 fully saturated rings. The van der Waals surface area contributed by atoms with Gasteiger partial charge in [0, 0.05) is 0 Å². The second-order valence-corrected chi connectivity index (χ2v) is 3.82. The van der Waals surface area contributed by atoms with Crippen molar-refractivity contribution >= 4 is 5.95 Å². The third kappa shape index (κ3) is 2.85. The number of ether oxygens (including phenoxy) is 1. The number of anilines is 1. The van der Waals surface area contributed by atoms with Gasteiger partial charge in [0.2, 0.25) is 5.95 Å². The molecule has 0 aliphatic heterocycles. The second-order valence-electron chi connectivity index (χ2n) is 3.82. The SMILES string of the molecule is COc1ccc(C(C)Nc2nncc(=O)[nH]2)cc1. The maximum Gasteiger partial charge on any atom is 0.271 e. The van der Waals surface area contributed by atoms with E-state index in [9.17, 15) is 4.79 Å². The van der Waals surface area contributed by atoms with Crippen LogP contribution in [0.3, 0.4) is 0 Å². The van der Waals surface area contributed by atoms with Crippen LogP contribution in [0.15, 0.2) is 35.3 Å². The molecule has 0 aliphatic carbocycles. The molecule has 2 rings (SSSR count). The first-order chi connectivity index (χ1) is 8.69. The van der Waals surface area contributed by atoms with E-state index in [1.165, 1.54) is 0 Å². The van der Waals surface area contributed by atoms with Crippen molar-refractivity contribution < 1.29 is 4.74 Å². The van der Waals surface area contributed by atoms with Gasteiger partial charge >= 0.3 is 0 Å². The van der Waals surface area contributed by atoms with Crippen molar-refractivity contribution in [2.75, 3.05) is 12.4 Å². The molecule has 0 saturated heterocycles. The molecule has 6 nitrogen and oxygen atoms in total. The number of nitrogens with one attached hydrogen (secondary N) is 2. The number of hydrogen-bond donors (Lipinski definition) is 2. The summed E-state index contributed by atoms with van der Waals surface area (Å²) >= 11 is 0. The molecule has 1 aromatic heterocycles. The number of H-pyrrole nitrogens is 1. The van der Waals surface area contributed by atoms with Gasteiger partial charge in [-0.2, -0.15) is 0 Å². The molecule has 0 saturated carbocycles. The first-order valence-corrected chi connectivity index (χ1v) is 5.51. The lowest BCUT2D eigenvalue weighted by Gasteiger charge is -2.14. The van der Waals surface area contributed by atoms with Crippen LogP contribution in [0, 0.1) is 0 Å². The molecule has 0 bridgehead atoms. The Bertz CT molecular complexity index is 565. The van der Waals surface area contributed by atoms with E-state index in [0.717, 1.165) is 17.5 Å². The molecule has 1 heterocycles.